The smallest absolute Gasteiger partial charge is 0.180 e. The van der Waals surface area contributed by atoms with Gasteiger partial charge in [-0.3, -0.25) is 4.40 Å². The summed E-state index contributed by atoms with van der Waals surface area (Å²) in [5, 5.41) is 9.63. The molecule has 3 heterocycles. The fourth-order valence-corrected chi connectivity index (χ4v) is 3.25. The second kappa shape index (κ2) is 6.22. The Balaban J connectivity index is 1.80. The number of nitrogens with zero attached hydrogens (tertiary/aromatic N) is 5. The molecule has 1 aromatic carbocycles. The Morgan fingerprint density at radius 3 is 2.67 bits per heavy atom. The molecule has 0 saturated carbocycles. The van der Waals surface area contributed by atoms with E-state index in [1.165, 1.54) is 0 Å². The van der Waals surface area contributed by atoms with Gasteiger partial charge in [0.2, 0.25) is 0 Å². The van der Waals surface area contributed by atoms with E-state index in [-0.39, 0.29) is 6.61 Å². The van der Waals surface area contributed by atoms with E-state index in [1.54, 1.807) is 0 Å². The van der Waals surface area contributed by atoms with Crippen LogP contribution < -0.4 is 4.90 Å². The molecule has 0 amide bonds. The summed E-state index contributed by atoms with van der Waals surface area (Å²) in [6.45, 7) is 3.98. The molecule has 0 radical (unpaired) electrons. The molecular formula is C18H21N5O. The minimum absolute atomic E-state index is 0.00652. The predicted molar refractivity (Wildman–Crippen MR) is 94.1 cm³/mol. The van der Waals surface area contributed by atoms with Crippen LogP contribution in [0.25, 0.3) is 16.9 Å². The Bertz CT molecular complexity index is 851. The molecule has 1 fully saturated rings. The number of rotatable bonds is 3. The monoisotopic (exact) mass is 323 g/mol. The Morgan fingerprint density at radius 2 is 1.88 bits per heavy atom. The van der Waals surface area contributed by atoms with E-state index in [4.69, 9.17) is 4.98 Å². The molecule has 6 heteroatoms. The summed E-state index contributed by atoms with van der Waals surface area (Å²) in [5.41, 5.74) is 3.69. The van der Waals surface area contributed by atoms with Crippen molar-refractivity contribution in [3.8, 4) is 11.3 Å². The lowest BCUT2D eigenvalue weighted by molar-refractivity contribution is 0.282. The highest BCUT2D eigenvalue weighted by molar-refractivity contribution is 5.72. The van der Waals surface area contributed by atoms with Crippen molar-refractivity contribution >= 4 is 11.5 Å². The van der Waals surface area contributed by atoms with Gasteiger partial charge in [-0.05, 0) is 12.6 Å². The lowest BCUT2D eigenvalue weighted by Gasteiger charge is -2.33. The zero-order valence-corrected chi connectivity index (χ0v) is 13.8. The van der Waals surface area contributed by atoms with Crippen LogP contribution in [0, 0.1) is 0 Å². The summed E-state index contributed by atoms with van der Waals surface area (Å²) in [5.74, 6) is 0.929. The molecule has 2 aromatic heterocycles. The van der Waals surface area contributed by atoms with Crippen LogP contribution in [-0.2, 0) is 6.61 Å². The van der Waals surface area contributed by atoms with E-state index in [2.05, 4.69) is 26.2 Å². The first-order valence-electron chi connectivity index (χ1n) is 8.22. The van der Waals surface area contributed by atoms with Crippen molar-refractivity contribution in [3.63, 3.8) is 0 Å². The number of hydrogen-bond acceptors (Lipinski definition) is 5. The maximum absolute atomic E-state index is 9.63. The standard InChI is InChI=1S/C18H21N5O/c1-21-8-10-22(11-9-21)17-18-19-6-7-23(18)16(12-20-17)15-5-3-2-4-14(15)13-24/h2-7,12,24H,8-11,13H2,1H3. The van der Waals surface area contributed by atoms with Crippen molar-refractivity contribution in [3.05, 3.63) is 48.4 Å². The summed E-state index contributed by atoms with van der Waals surface area (Å²) < 4.78 is 2.06. The number of aliphatic hydroxyl groups is 1. The first-order chi connectivity index (χ1) is 11.8. The molecule has 1 aliphatic heterocycles. The summed E-state index contributed by atoms with van der Waals surface area (Å²) >= 11 is 0. The number of aliphatic hydroxyl groups excluding tert-OH is 1. The minimum atomic E-state index is 0.00652. The van der Waals surface area contributed by atoms with E-state index in [0.717, 1.165) is 54.5 Å². The molecule has 0 atom stereocenters. The number of piperazine rings is 1. The Labute approximate surface area is 141 Å². The quantitative estimate of drug-likeness (QED) is 0.794. The highest BCUT2D eigenvalue weighted by Crippen LogP contribution is 2.28. The van der Waals surface area contributed by atoms with Gasteiger partial charge < -0.3 is 14.9 Å². The van der Waals surface area contributed by atoms with Gasteiger partial charge in [-0.2, -0.15) is 0 Å². The van der Waals surface area contributed by atoms with Crippen LogP contribution in [0.15, 0.2) is 42.9 Å². The maximum atomic E-state index is 9.63. The number of anilines is 1. The molecule has 1 aliphatic rings. The Kier molecular flexibility index (Phi) is 3.92. The number of hydrogen-bond donors (Lipinski definition) is 1. The van der Waals surface area contributed by atoms with Crippen molar-refractivity contribution in [1.82, 2.24) is 19.3 Å². The van der Waals surface area contributed by atoms with Crippen LogP contribution in [0.2, 0.25) is 0 Å². The van der Waals surface area contributed by atoms with Crippen molar-refractivity contribution in [1.29, 1.82) is 0 Å². The van der Waals surface area contributed by atoms with Crippen LogP contribution in [0.4, 0.5) is 5.82 Å². The van der Waals surface area contributed by atoms with Crippen molar-refractivity contribution < 1.29 is 5.11 Å². The zero-order valence-electron chi connectivity index (χ0n) is 13.8. The first kappa shape index (κ1) is 15.1. The van der Waals surface area contributed by atoms with Gasteiger partial charge in [-0.25, -0.2) is 9.97 Å². The van der Waals surface area contributed by atoms with E-state index < -0.39 is 0 Å². The molecular weight excluding hydrogens is 302 g/mol. The van der Waals surface area contributed by atoms with Gasteiger partial charge in [0, 0.05) is 44.1 Å². The van der Waals surface area contributed by atoms with Crippen LogP contribution in [-0.4, -0.2) is 57.6 Å². The molecule has 6 nitrogen and oxygen atoms in total. The van der Waals surface area contributed by atoms with Crippen LogP contribution in [0.3, 0.4) is 0 Å². The van der Waals surface area contributed by atoms with E-state index in [1.807, 2.05) is 42.9 Å². The molecule has 1 saturated heterocycles. The average molecular weight is 323 g/mol. The Morgan fingerprint density at radius 1 is 1.08 bits per heavy atom. The zero-order chi connectivity index (χ0) is 16.5. The Hall–Kier alpha value is -2.44. The van der Waals surface area contributed by atoms with Gasteiger partial charge in [0.25, 0.3) is 0 Å². The SMILES string of the molecule is CN1CCN(c2ncc(-c3ccccc3CO)n3ccnc23)CC1. The highest BCUT2D eigenvalue weighted by atomic mass is 16.3. The third-order valence-corrected chi connectivity index (χ3v) is 4.68. The van der Waals surface area contributed by atoms with Crippen LogP contribution in [0.5, 0.6) is 0 Å². The molecule has 0 bridgehead atoms. The van der Waals surface area contributed by atoms with Crippen molar-refractivity contribution in [2.45, 2.75) is 6.61 Å². The molecule has 0 spiro atoms. The minimum Gasteiger partial charge on any atom is -0.392 e. The molecule has 24 heavy (non-hydrogen) atoms. The summed E-state index contributed by atoms with van der Waals surface area (Å²) in [6.07, 6.45) is 5.65. The van der Waals surface area contributed by atoms with Gasteiger partial charge in [0.05, 0.1) is 18.5 Å². The fraction of sp³-hybridized carbons (Fsp3) is 0.333. The van der Waals surface area contributed by atoms with E-state index >= 15 is 0 Å². The number of aromatic nitrogens is 3. The van der Waals surface area contributed by atoms with Gasteiger partial charge in [0.15, 0.2) is 11.5 Å². The maximum Gasteiger partial charge on any atom is 0.180 e. The number of fused-ring (bicyclic) bond motifs is 1. The van der Waals surface area contributed by atoms with Crippen molar-refractivity contribution in [2.24, 2.45) is 0 Å². The van der Waals surface area contributed by atoms with Crippen molar-refractivity contribution in [2.75, 3.05) is 38.1 Å². The third kappa shape index (κ3) is 2.53. The van der Waals surface area contributed by atoms with Crippen LogP contribution in [0.1, 0.15) is 5.56 Å². The topological polar surface area (TPSA) is 56.9 Å². The van der Waals surface area contributed by atoms with Gasteiger partial charge in [-0.15, -0.1) is 0 Å². The summed E-state index contributed by atoms with van der Waals surface area (Å²) in [6, 6.07) is 7.86. The molecule has 4 rings (SSSR count). The molecule has 1 N–H and O–H groups in total. The largest absolute Gasteiger partial charge is 0.392 e. The van der Waals surface area contributed by atoms with Gasteiger partial charge in [0.1, 0.15) is 0 Å². The second-order valence-corrected chi connectivity index (χ2v) is 6.19. The average Bonchev–Trinajstić information content (AvgIpc) is 3.11. The molecule has 0 unspecified atom stereocenters. The normalized spacial score (nSPS) is 16.0. The van der Waals surface area contributed by atoms with Gasteiger partial charge in [-0.1, -0.05) is 24.3 Å². The summed E-state index contributed by atoms with van der Waals surface area (Å²) in [4.78, 5) is 13.9. The lowest BCUT2D eigenvalue weighted by atomic mass is 10.1. The highest BCUT2D eigenvalue weighted by Gasteiger charge is 2.20. The number of imidazole rings is 1. The fourth-order valence-electron chi connectivity index (χ4n) is 3.25. The van der Waals surface area contributed by atoms with E-state index in [9.17, 15) is 5.11 Å². The lowest BCUT2D eigenvalue weighted by Crippen LogP contribution is -2.45. The van der Waals surface area contributed by atoms with Crippen LogP contribution >= 0.6 is 0 Å². The summed E-state index contributed by atoms with van der Waals surface area (Å²) in [7, 11) is 2.14. The second-order valence-electron chi connectivity index (χ2n) is 6.19. The van der Waals surface area contributed by atoms with Gasteiger partial charge >= 0.3 is 0 Å². The van der Waals surface area contributed by atoms with E-state index in [0.29, 0.717) is 0 Å². The third-order valence-electron chi connectivity index (χ3n) is 4.68. The molecule has 3 aromatic rings. The number of likely N-dealkylation sites (N-methyl/N-ethyl adjacent to an activating group) is 1. The molecule has 124 valence electrons. The predicted octanol–water partition coefficient (Wildman–Crippen LogP) is 1.64. The first-order valence-corrected chi connectivity index (χ1v) is 8.22. The molecule has 0 aliphatic carbocycles. The number of benzene rings is 1.